The Hall–Kier alpha value is -0.655. The highest BCUT2D eigenvalue weighted by atomic mass is 16.3. The first-order valence-corrected chi connectivity index (χ1v) is 4.46. The fraction of sp³-hybridized carbons (Fsp3) is 0.600. The molecule has 0 saturated heterocycles. The Morgan fingerprint density at radius 2 is 2.08 bits per heavy atom. The van der Waals surface area contributed by atoms with Crippen molar-refractivity contribution in [1.29, 1.82) is 0 Å². The summed E-state index contributed by atoms with van der Waals surface area (Å²) in [7, 11) is 2.18. The zero-order valence-electron chi connectivity index (χ0n) is 8.35. The summed E-state index contributed by atoms with van der Waals surface area (Å²) in [6, 6.07) is 4.02. The zero-order valence-corrected chi connectivity index (χ0v) is 8.35. The van der Waals surface area contributed by atoms with Gasteiger partial charge in [0, 0.05) is 0 Å². The van der Waals surface area contributed by atoms with E-state index in [1.807, 2.05) is 19.1 Å². The molecule has 0 bridgehead atoms. The molecule has 0 aliphatic rings. The lowest BCUT2D eigenvalue weighted by molar-refractivity contribution is 0.557. The Balaban J connectivity index is 2.63. The molecule has 1 aromatic heterocycles. The Morgan fingerprint density at radius 3 is 2.50 bits per heavy atom. The van der Waals surface area contributed by atoms with Crippen molar-refractivity contribution in [3.63, 3.8) is 0 Å². The van der Waals surface area contributed by atoms with Crippen molar-refractivity contribution in [2.45, 2.75) is 39.4 Å². The molecule has 65 valence electrons. The second-order valence-electron chi connectivity index (χ2n) is 3.93. The van der Waals surface area contributed by atoms with Gasteiger partial charge in [0.1, 0.15) is 0 Å². The van der Waals surface area contributed by atoms with Gasteiger partial charge in [-0.05, 0) is 19.1 Å². The smallest absolute Gasteiger partial charge is 0.208 e. The molecule has 0 saturated carbocycles. The zero-order chi connectivity index (χ0) is 9.19. The van der Waals surface area contributed by atoms with Crippen molar-refractivity contribution in [3.8, 4) is 0 Å². The van der Waals surface area contributed by atoms with Crippen molar-refractivity contribution in [2.24, 2.45) is 0 Å². The van der Waals surface area contributed by atoms with E-state index in [-0.39, 0.29) is 5.31 Å². The monoisotopic (exact) mass is 163 g/mol. The van der Waals surface area contributed by atoms with Crippen LogP contribution in [0.2, 0.25) is 5.31 Å². The standard InChI is InChI=1S/C10H16BO/c1-5-10(3,4)11-9-7-6-8(2)12-9/h6-7H,5H2,1-4H3. The maximum atomic E-state index is 5.47. The van der Waals surface area contributed by atoms with E-state index in [1.54, 1.807) is 0 Å². The van der Waals surface area contributed by atoms with E-state index in [0.29, 0.717) is 0 Å². The summed E-state index contributed by atoms with van der Waals surface area (Å²) in [5.41, 5.74) is 0.986. The molecule has 2 heteroatoms. The normalized spacial score (nSPS) is 11.7. The van der Waals surface area contributed by atoms with Crippen LogP contribution in [0.3, 0.4) is 0 Å². The van der Waals surface area contributed by atoms with Crippen LogP contribution in [0.5, 0.6) is 0 Å². The highest BCUT2D eigenvalue weighted by molar-refractivity contribution is 6.55. The molecule has 0 aliphatic carbocycles. The largest absolute Gasteiger partial charge is 0.477 e. The van der Waals surface area contributed by atoms with Crippen LogP contribution in [-0.4, -0.2) is 7.28 Å². The predicted octanol–water partition coefficient (Wildman–Crippen LogP) is 2.53. The molecular weight excluding hydrogens is 147 g/mol. The van der Waals surface area contributed by atoms with E-state index in [2.05, 4.69) is 28.1 Å². The molecule has 1 nitrogen and oxygen atoms in total. The molecular formula is C10H16BO. The van der Waals surface area contributed by atoms with E-state index in [4.69, 9.17) is 4.42 Å². The highest BCUT2D eigenvalue weighted by Gasteiger charge is 2.19. The topological polar surface area (TPSA) is 13.1 Å². The van der Waals surface area contributed by atoms with E-state index < -0.39 is 0 Å². The third-order valence-corrected chi connectivity index (χ3v) is 2.21. The van der Waals surface area contributed by atoms with Crippen LogP contribution in [0.4, 0.5) is 0 Å². The predicted molar refractivity (Wildman–Crippen MR) is 53.2 cm³/mol. The maximum absolute atomic E-state index is 5.47. The summed E-state index contributed by atoms with van der Waals surface area (Å²) < 4.78 is 5.47. The van der Waals surface area contributed by atoms with Gasteiger partial charge < -0.3 is 4.42 Å². The lowest BCUT2D eigenvalue weighted by Crippen LogP contribution is -2.23. The van der Waals surface area contributed by atoms with Gasteiger partial charge in [-0.2, -0.15) is 0 Å². The lowest BCUT2D eigenvalue weighted by atomic mass is 9.52. The molecule has 0 amide bonds. The molecule has 1 radical (unpaired) electrons. The Morgan fingerprint density at radius 1 is 1.42 bits per heavy atom. The lowest BCUT2D eigenvalue weighted by Gasteiger charge is -2.19. The van der Waals surface area contributed by atoms with Gasteiger partial charge in [0.25, 0.3) is 0 Å². The van der Waals surface area contributed by atoms with Crippen LogP contribution in [-0.2, 0) is 0 Å². The number of aryl methyl sites for hydroxylation is 1. The summed E-state index contributed by atoms with van der Waals surface area (Å²) in [6.07, 6.45) is 1.13. The first kappa shape index (κ1) is 9.43. The third-order valence-electron chi connectivity index (χ3n) is 2.21. The Bertz CT molecular complexity index is 250. The SMILES string of the molecule is CCC(C)(C)[B]c1ccc(C)o1. The average Bonchev–Trinajstić information content (AvgIpc) is 2.35. The number of hydrogen-bond acceptors (Lipinski definition) is 1. The van der Waals surface area contributed by atoms with Crippen molar-refractivity contribution >= 4 is 12.9 Å². The number of rotatable bonds is 3. The average molecular weight is 163 g/mol. The quantitative estimate of drug-likeness (QED) is 0.624. The minimum atomic E-state index is 0.240. The van der Waals surface area contributed by atoms with Crippen LogP contribution >= 0.6 is 0 Å². The summed E-state index contributed by atoms with van der Waals surface area (Å²) in [5, 5.41) is 0.240. The fourth-order valence-electron chi connectivity index (χ4n) is 1.02. The van der Waals surface area contributed by atoms with Gasteiger partial charge >= 0.3 is 0 Å². The summed E-state index contributed by atoms with van der Waals surface area (Å²) in [4.78, 5) is 0. The molecule has 12 heavy (non-hydrogen) atoms. The third kappa shape index (κ3) is 2.44. The van der Waals surface area contributed by atoms with E-state index in [9.17, 15) is 0 Å². The van der Waals surface area contributed by atoms with Gasteiger partial charge in [-0.15, -0.1) is 0 Å². The summed E-state index contributed by atoms with van der Waals surface area (Å²) in [6.45, 7) is 8.58. The van der Waals surface area contributed by atoms with Crippen molar-refractivity contribution < 1.29 is 4.42 Å². The molecule has 1 aromatic rings. The van der Waals surface area contributed by atoms with Crippen molar-refractivity contribution in [1.82, 2.24) is 0 Å². The van der Waals surface area contributed by atoms with Crippen LogP contribution in [0.15, 0.2) is 16.5 Å². The molecule has 0 aliphatic heterocycles. The first-order chi connectivity index (χ1) is 5.53. The first-order valence-electron chi connectivity index (χ1n) is 4.46. The second-order valence-corrected chi connectivity index (χ2v) is 3.93. The van der Waals surface area contributed by atoms with Gasteiger partial charge in [-0.25, -0.2) is 0 Å². The van der Waals surface area contributed by atoms with Gasteiger partial charge in [0.05, 0.1) is 11.4 Å². The highest BCUT2D eigenvalue weighted by Crippen LogP contribution is 2.26. The number of furan rings is 1. The van der Waals surface area contributed by atoms with Gasteiger partial charge in [0.15, 0.2) is 0 Å². The molecule has 0 N–H and O–H groups in total. The van der Waals surface area contributed by atoms with Crippen LogP contribution < -0.4 is 5.66 Å². The molecule has 0 spiro atoms. The van der Waals surface area contributed by atoms with Gasteiger partial charge in [-0.3, -0.25) is 0 Å². The van der Waals surface area contributed by atoms with E-state index in [1.165, 1.54) is 0 Å². The Labute approximate surface area is 75.4 Å². The van der Waals surface area contributed by atoms with Crippen molar-refractivity contribution in [3.05, 3.63) is 17.9 Å². The van der Waals surface area contributed by atoms with Crippen LogP contribution in [0.1, 0.15) is 33.0 Å². The van der Waals surface area contributed by atoms with Crippen molar-refractivity contribution in [2.75, 3.05) is 0 Å². The summed E-state index contributed by atoms with van der Waals surface area (Å²) >= 11 is 0. The minimum Gasteiger partial charge on any atom is -0.477 e. The maximum Gasteiger partial charge on any atom is 0.208 e. The Kier molecular flexibility index (Phi) is 2.66. The van der Waals surface area contributed by atoms with Crippen LogP contribution in [0.25, 0.3) is 0 Å². The van der Waals surface area contributed by atoms with Gasteiger partial charge in [0.2, 0.25) is 7.28 Å². The molecule has 0 aromatic carbocycles. The molecule has 1 heterocycles. The molecule has 0 unspecified atom stereocenters. The van der Waals surface area contributed by atoms with Crippen LogP contribution in [0, 0.1) is 6.92 Å². The van der Waals surface area contributed by atoms with Gasteiger partial charge in [-0.1, -0.05) is 32.5 Å². The summed E-state index contributed by atoms with van der Waals surface area (Å²) in [5.74, 6) is 0.980. The van der Waals surface area contributed by atoms with E-state index >= 15 is 0 Å². The van der Waals surface area contributed by atoms with E-state index in [0.717, 1.165) is 17.8 Å². The second kappa shape index (κ2) is 3.38. The fourth-order valence-corrected chi connectivity index (χ4v) is 1.02. The molecule has 0 fully saturated rings. The molecule has 1 rings (SSSR count). The minimum absolute atomic E-state index is 0.240. The molecule has 0 atom stereocenters. The number of hydrogen-bond donors (Lipinski definition) is 0.